The topological polar surface area (TPSA) is 72.8 Å². The van der Waals surface area contributed by atoms with E-state index in [-0.39, 0.29) is 5.78 Å². The second-order valence-electron chi connectivity index (χ2n) is 3.28. The van der Waals surface area contributed by atoms with Gasteiger partial charge in [0.1, 0.15) is 5.71 Å². The average Bonchev–Trinajstić information content (AvgIpc) is 2.09. The molecular formula is C9H11NO4S. The molecule has 1 rings (SSSR count). The number of Topliss-reactive ketones (excluding diaryl/α,β-unsaturated/α-hetero) is 1. The minimum absolute atomic E-state index is 0.0756. The molecule has 0 radical (unpaired) electrons. The van der Waals surface area contributed by atoms with Crippen molar-refractivity contribution in [2.24, 2.45) is 5.16 Å². The van der Waals surface area contributed by atoms with Gasteiger partial charge < -0.3 is 0 Å². The third-order valence-corrected chi connectivity index (χ3v) is 2.07. The van der Waals surface area contributed by atoms with Gasteiger partial charge in [-0.15, -0.1) is 0 Å². The van der Waals surface area contributed by atoms with Crippen molar-refractivity contribution in [2.75, 3.05) is 6.26 Å². The summed E-state index contributed by atoms with van der Waals surface area (Å²) in [5.74, 6) is -0.0756. The molecule has 0 amide bonds. The van der Waals surface area contributed by atoms with Crippen molar-refractivity contribution in [2.45, 2.75) is 13.8 Å². The van der Waals surface area contributed by atoms with Gasteiger partial charge in [-0.3, -0.25) is 9.08 Å². The third kappa shape index (κ3) is 3.32. The van der Waals surface area contributed by atoms with Crippen LogP contribution < -0.4 is 0 Å². The van der Waals surface area contributed by atoms with Crippen molar-refractivity contribution in [1.29, 1.82) is 0 Å². The van der Waals surface area contributed by atoms with E-state index in [1.54, 1.807) is 13.8 Å². The maximum Gasteiger partial charge on any atom is 0.325 e. The summed E-state index contributed by atoms with van der Waals surface area (Å²) in [5, 5.41) is 3.41. The summed E-state index contributed by atoms with van der Waals surface area (Å²) in [5.41, 5.74) is 1.33. The lowest BCUT2D eigenvalue weighted by Gasteiger charge is -2.07. The highest BCUT2D eigenvalue weighted by Gasteiger charge is 2.14. The van der Waals surface area contributed by atoms with Crippen LogP contribution in [0.25, 0.3) is 0 Å². The Hall–Kier alpha value is -1.43. The molecule has 0 fully saturated rings. The molecule has 0 bridgehead atoms. The molecule has 1 aliphatic rings. The van der Waals surface area contributed by atoms with Crippen LogP contribution in [0.2, 0.25) is 0 Å². The molecule has 0 atom stereocenters. The summed E-state index contributed by atoms with van der Waals surface area (Å²) < 4.78 is 25.6. The van der Waals surface area contributed by atoms with Gasteiger partial charge in [0.25, 0.3) is 0 Å². The average molecular weight is 229 g/mol. The predicted molar refractivity (Wildman–Crippen MR) is 55.9 cm³/mol. The summed E-state index contributed by atoms with van der Waals surface area (Å²) in [6.45, 7) is 3.27. The lowest BCUT2D eigenvalue weighted by atomic mass is 9.98. The number of oxime groups is 1. The highest BCUT2D eigenvalue weighted by atomic mass is 32.2. The number of hydrogen-bond donors (Lipinski definition) is 0. The zero-order chi connectivity index (χ0) is 11.6. The van der Waals surface area contributed by atoms with Gasteiger partial charge in [-0.2, -0.15) is 8.42 Å². The zero-order valence-electron chi connectivity index (χ0n) is 8.64. The van der Waals surface area contributed by atoms with E-state index in [2.05, 4.69) is 9.44 Å². The molecule has 6 heteroatoms. The number of ketones is 1. The number of allylic oxidation sites excluding steroid dienone is 4. The molecule has 0 aromatic rings. The van der Waals surface area contributed by atoms with Crippen LogP contribution in [0.4, 0.5) is 0 Å². The first-order chi connectivity index (χ1) is 6.79. The second-order valence-corrected chi connectivity index (χ2v) is 4.84. The Bertz CT molecular complexity index is 458. The summed E-state index contributed by atoms with van der Waals surface area (Å²) in [6.07, 6.45) is 3.85. The Morgan fingerprint density at radius 3 is 2.07 bits per heavy atom. The summed E-state index contributed by atoms with van der Waals surface area (Å²) in [6, 6.07) is 0. The van der Waals surface area contributed by atoms with Gasteiger partial charge in [0, 0.05) is 0 Å². The first kappa shape index (κ1) is 11.6. The predicted octanol–water partition coefficient (Wildman–Crippen LogP) is 0.794. The van der Waals surface area contributed by atoms with Crippen LogP contribution in [-0.4, -0.2) is 26.2 Å². The monoisotopic (exact) mass is 229 g/mol. The summed E-state index contributed by atoms with van der Waals surface area (Å²) >= 11 is 0. The van der Waals surface area contributed by atoms with Crippen molar-refractivity contribution >= 4 is 21.6 Å². The Labute approximate surface area is 88.2 Å². The van der Waals surface area contributed by atoms with E-state index in [1.165, 1.54) is 12.2 Å². The number of nitrogens with zero attached hydrogens (tertiary/aromatic N) is 1. The maximum atomic E-state index is 11.3. The van der Waals surface area contributed by atoms with Crippen LogP contribution in [0.1, 0.15) is 13.8 Å². The van der Waals surface area contributed by atoms with E-state index < -0.39 is 10.1 Å². The van der Waals surface area contributed by atoms with Gasteiger partial charge in [-0.05, 0) is 37.1 Å². The minimum atomic E-state index is -3.60. The molecule has 1 aliphatic carbocycles. The van der Waals surface area contributed by atoms with E-state index in [0.29, 0.717) is 16.9 Å². The molecule has 0 N–H and O–H groups in total. The molecule has 0 aliphatic heterocycles. The van der Waals surface area contributed by atoms with Gasteiger partial charge in [0.15, 0.2) is 5.78 Å². The zero-order valence-corrected chi connectivity index (χ0v) is 9.46. The fourth-order valence-corrected chi connectivity index (χ4v) is 1.31. The SMILES string of the molecule is CC1=CC(=NOS(C)(=O)=O)C=C(C)C1=O. The van der Waals surface area contributed by atoms with Crippen molar-refractivity contribution in [3.63, 3.8) is 0 Å². The molecule has 0 saturated heterocycles. The standard InChI is InChI=1S/C9H11NO4S/c1-6-4-8(5-7(2)9(6)11)10-14-15(3,12)13/h4-5H,1-3H3. The van der Waals surface area contributed by atoms with Crippen LogP contribution in [0, 0.1) is 0 Å². The van der Waals surface area contributed by atoms with E-state index in [0.717, 1.165) is 6.26 Å². The van der Waals surface area contributed by atoms with Crippen LogP contribution in [-0.2, 0) is 19.2 Å². The summed E-state index contributed by atoms with van der Waals surface area (Å²) in [7, 11) is -3.60. The van der Waals surface area contributed by atoms with E-state index >= 15 is 0 Å². The fraction of sp³-hybridized carbons (Fsp3) is 0.333. The van der Waals surface area contributed by atoms with Crippen LogP contribution in [0.15, 0.2) is 28.5 Å². The lowest BCUT2D eigenvalue weighted by Crippen LogP contribution is -2.11. The molecule has 0 spiro atoms. The largest absolute Gasteiger partial charge is 0.325 e. The van der Waals surface area contributed by atoms with Gasteiger partial charge in [-0.25, -0.2) is 0 Å². The highest BCUT2D eigenvalue weighted by molar-refractivity contribution is 7.85. The second kappa shape index (κ2) is 3.98. The quantitative estimate of drug-likeness (QED) is 0.518. The number of carbonyl (C=O) groups excluding carboxylic acids is 1. The normalized spacial score (nSPS) is 17.0. The lowest BCUT2D eigenvalue weighted by molar-refractivity contribution is -0.112. The molecule has 0 aromatic heterocycles. The molecule has 0 heterocycles. The van der Waals surface area contributed by atoms with Crippen molar-refractivity contribution in [1.82, 2.24) is 0 Å². The Balaban J connectivity index is 2.95. The first-order valence-corrected chi connectivity index (χ1v) is 5.99. The van der Waals surface area contributed by atoms with E-state index in [4.69, 9.17) is 0 Å². The van der Waals surface area contributed by atoms with Gasteiger partial charge in [0.2, 0.25) is 0 Å². The third-order valence-electron chi connectivity index (χ3n) is 1.72. The van der Waals surface area contributed by atoms with Crippen LogP contribution in [0.3, 0.4) is 0 Å². The van der Waals surface area contributed by atoms with E-state index in [9.17, 15) is 13.2 Å². The fourth-order valence-electron chi connectivity index (χ4n) is 1.09. The Morgan fingerprint density at radius 1 is 1.20 bits per heavy atom. The maximum absolute atomic E-state index is 11.3. The first-order valence-electron chi connectivity index (χ1n) is 4.17. The minimum Gasteiger partial charge on any atom is -0.289 e. The molecule has 0 aromatic carbocycles. The van der Waals surface area contributed by atoms with Crippen molar-refractivity contribution in [3.8, 4) is 0 Å². The molecule has 15 heavy (non-hydrogen) atoms. The molecule has 0 unspecified atom stereocenters. The van der Waals surface area contributed by atoms with Crippen LogP contribution in [0.5, 0.6) is 0 Å². The highest BCUT2D eigenvalue weighted by Crippen LogP contribution is 2.12. The van der Waals surface area contributed by atoms with Gasteiger partial charge in [-0.1, -0.05) is 5.16 Å². The number of carbonyl (C=O) groups is 1. The number of rotatable bonds is 2. The smallest absolute Gasteiger partial charge is 0.289 e. The van der Waals surface area contributed by atoms with E-state index in [1.807, 2.05) is 0 Å². The molecular weight excluding hydrogens is 218 g/mol. The Kier molecular flexibility index (Phi) is 3.09. The summed E-state index contributed by atoms with van der Waals surface area (Å²) in [4.78, 5) is 11.3. The van der Waals surface area contributed by atoms with Gasteiger partial charge >= 0.3 is 10.1 Å². The molecule has 0 saturated carbocycles. The Morgan fingerprint density at radius 2 is 1.67 bits per heavy atom. The molecule has 5 nitrogen and oxygen atoms in total. The van der Waals surface area contributed by atoms with Gasteiger partial charge in [0.05, 0.1) is 6.26 Å². The molecule has 82 valence electrons. The number of hydrogen-bond acceptors (Lipinski definition) is 5. The van der Waals surface area contributed by atoms with Crippen molar-refractivity contribution < 1.29 is 17.5 Å². The van der Waals surface area contributed by atoms with Crippen LogP contribution >= 0.6 is 0 Å². The van der Waals surface area contributed by atoms with Crippen molar-refractivity contribution in [3.05, 3.63) is 23.3 Å².